The lowest BCUT2D eigenvalue weighted by Gasteiger charge is -2.13. The Bertz CT molecular complexity index is 1120. The zero-order chi connectivity index (χ0) is 22.3. The first kappa shape index (κ1) is 22.8. The molecular weight excluding hydrogens is 465 g/mol. The normalized spacial score (nSPS) is 13.6. The van der Waals surface area contributed by atoms with Gasteiger partial charge in [-0.2, -0.15) is 0 Å². The molecule has 1 amide bonds. The van der Waals surface area contributed by atoms with Crippen LogP contribution in [0, 0.1) is 0 Å². The van der Waals surface area contributed by atoms with E-state index in [1.165, 1.54) is 30.2 Å². The fourth-order valence-corrected chi connectivity index (χ4v) is 4.65. The molecule has 6 nitrogen and oxygen atoms in total. The molecule has 166 valence electrons. The van der Waals surface area contributed by atoms with Crippen LogP contribution in [0.3, 0.4) is 0 Å². The first-order valence-electron chi connectivity index (χ1n) is 10.5. The summed E-state index contributed by atoms with van der Waals surface area (Å²) < 4.78 is 1.87. The molecule has 0 radical (unpaired) electrons. The van der Waals surface area contributed by atoms with Crippen molar-refractivity contribution in [3.05, 3.63) is 64.4 Å². The SMILES string of the molecule is O=C(CSc1nnc(-c2cccnc2)n1-c1ccc(Cl)c(Cl)c1)NCCC1=CCCCC1. The molecule has 0 bridgehead atoms. The second-order valence-electron chi connectivity index (χ2n) is 7.48. The third-order valence-corrected chi connectivity index (χ3v) is 6.87. The third kappa shape index (κ3) is 5.71. The molecule has 2 aromatic heterocycles. The Balaban J connectivity index is 1.48. The van der Waals surface area contributed by atoms with Crippen LogP contribution in [0.15, 0.2) is 59.5 Å². The predicted molar refractivity (Wildman–Crippen MR) is 130 cm³/mol. The fraction of sp³-hybridized carbons (Fsp3) is 0.304. The van der Waals surface area contributed by atoms with Crippen LogP contribution in [-0.4, -0.2) is 38.0 Å². The summed E-state index contributed by atoms with van der Waals surface area (Å²) in [6.07, 6.45) is 11.5. The third-order valence-electron chi connectivity index (χ3n) is 5.20. The number of allylic oxidation sites excluding steroid dienone is 1. The Kier molecular flexibility index (Phi) is 7.84. The largest absolute Gasteiger partial charge is 0.355 e. The molecule has 9 heteroatoms. The Morgan fingerprint density at radius 3 is 2.81 bits per heavy atom. The maximum atomic E-state index is 12.4. The highest BCUT2D eigenvalue weighted by atomic mass is 35.5. The Morgan fingerprint density at radius 1 is 1.16 bits per heavy atom. The van der Waals surface area contributed by atoms with Crippen molar-refractivity contribution in [2.75, 3.05) is 12.3 Å². The molecule has 2 heterocycles. The van der Waals surface area contributed by atoms with E-state index in [-0.39, 0.29) is 11.7 Å². The van der Waals surface area contributed by atoms with E-state index in [9.17, 15) is 4.79 Å². The molecule has 1 aromatic carbocycles. The van der Waals surface area contributed by atoms with Gasteiger partial charge in [0.05, 0.1) is 21.5 Å². The number of pyridine rings is 1. The van der Waals surface area contributed by atoms with Gasteiger partial charge in [0, 0.05) is 24.5 Å². The average Bonchev–Trinajstić information content (AvgIpc) is 3.25. The number of halogens is 2. The van der Waals surface area contributed by atoms with Crippen LogP contribution in [-0.2, 0) is 4.79 Å². The number of nitrogens with one attached hydrogen (secondary N) is 1. The number of carbonyl (C=O) groups is 1. The summed E-state index contributed by atoms with van der Waals surface area (Å²) >= 11 is 13.7. The van der Waals surface area contributed by atoms with Gasteiger partial charge in [-0.3, -0.25) is 14.3 Å². The van der Waals surface area contributed by atoms with Gasteiger partial charge in [0.25, 0.3) is 0 Å². The van der Waals surface area contributed by atoms with E-state index in [2.05, 4.69) is 26.6 Å². The lowest BCUT2D eigenvalue weighted by atomic mass is 9.97. The average molecular weight is 488 g/mol. The monoisotopic (exact) mass is 487 g/mol. The summed E-state index contributed by atoms with van der Waals surface area (Å²) in [6, 6.07) is 9.08. The summed E-state index contributed by atoms with van der Waals surface area (Å²) in [6.45, 7) is 0.658. The number of carbonyl (C=O) groups excluding carboxylic acids is 1. The van der Waals surface area contributed by atoms with Gasteiger partial charge in [-0.1, -0.05) is 46.6 Å². The minimum absolute atomic E-state index is 0.0296. The summed E-state index contributed by atoms with van der Waals surface area (Å²) in [7, 11) is 0. The van der Waals surface area contributed by atoms with E-state index in [0.29, 0.717) is 27.6 Å². The highest BCUT2D eigenvalue weighted by Gasteiger charge is 2.18. The molecule has 0 atom stereocenters. The predicted octanol–water partition coefficient (Wildman–Crippen LogP) is 5.73. The highest BCUT2D eigenvalue weighted by Crippen LogP contribution is 2.31. The van der Waals surface area contributed by atoms with Gasteiger partial charge in [0.2, 0.25) is 5.91 Å². The molecule has 0 fully saturated rings. The van der Waals surface area contributed by atoms with Crippen molar-refractivity contribution in [2.24, 2.45) is 0 Å². The molecular formula is C23H23Cl2N5OS. The van der Waals surface area contributed by atoms with Gasteiger partial charge in [0.1, 0.15) is 0 Å². The zero-order valence-electron chi connectivity index (χ0n) is 17.4. The second kappa shape index (κ2) is 11.0. The standard InChI is InChI=1S/C23H23Cl2N5OS/c24-19-9-8-18(13-20(19)25)30-22(17-7-4-11-26-14-17)28-29-23(30)32-15-21(31)27-12-10-16-5-2-1-3-6-16/h4-5,7-9,11,13-14H,1-3,6,10,12,15H2,(H,27,31). The molecule has 3 aromatic rings. The van der Waals surface area contributed by atoms with E-state index in [4.69, 9.17) is 23.2 Å². The van der Waals surface area contributed by atoms with Crippen LogP contribution in [0.2, 0.25) is 10.0 Å². The maximum Gasteiger partial charge on any atom is 0.230 e. The van der Waals surface area contributed by atoms with E-state index < -0.39 is 0 Å². The minimum Gasteiger partial charge on any atom is -0.355 e. The van der Waals surface area contributed by atoms with Crippen molar-refractivity contribution in [3.63, 3.8) is 0 Å². The number of nitrogens with zero attached hydrogens (tertiary/aromatic N) is 4. The van der Waals surface area contributed by atoms with Crippen LogP contribution in [0.5, 0.6) is 0 Å². The highest BCUT2D eigenvalue weighted by molar-refractivity contribution is 7.99. The number of aromatic nitrogens is 4. The van der Waals surface area contributed by atoms with Crippen LogP contribution >= 0.6 is 35.0 Å². The van der Waals surface area contributed by atoms with Gasteiger partial charge >= 0.3 is 0 Å². The number of hydrogen-bond donors (Lipinski definition) is 1. The van der Waals surface area contributed by atoms with Crippen LogP contribution < -0.4 is 5.32 Å². The van der Waals surface area contributed by atoms with Crippen molar-refractivity contribution < 1.29 is 4.79 Å². The van der Waals surface area contributed by atoms with Crippen LogP contribution in [0.1, 0.15) is 32.1 Å². The molecule has 0 unspecified atom stereocenters. The molecule has 1 aliphatic carbocycles. The van der Waals surface area contributed by atoms with E-state index in [1.807, 2.05) is 22.8 Å². The number of amides is 1. The van der Waals surface area contributed by atoms with E-state index in [1.54, 1.807) is 24.5 Å². The number of thioether (sulfide) groups is 1. The quantitative estimate of drug-likeness (QED) is 0.324. The zero-order valence-corrected chi connectivity index (χ0v) is 19.8. The topological polar surface area (TPSA) is 72.7 Å². The van der Waals surface area contributed by atoms with Gasteiger partial charge in [0.15, 0.2) is 11.0 Å². The lowest BCUT2D eigenvalue weighted by molar-refractivity contribution is -0.118. The minimum atomic E-state index is -0.0296. The molecule has 4 rings (SSSR count). The Morgan fingerprint density at radius 2 is 2.06 bits per heavy atom. The van der Waals surface area contributed by atoms with Gasteiger partial charge < -0.3 is 5.32 Å². The number of hydrogen-bond acceptors (Lipinski definition) is 5. The summed E-state index contributed by atoms with van der Waals surface area (Å²) in [4.78, 5) is 16.6. The Labute approximate surface area is 201 Å². The van der Waals surface area contributed by atoms with Crippen molar-refractivity contribution >= 4 is 40.9 Å². The molecule has 32 heavy (non-hydrogen) atoms. The fourth-order valence-electron chi connectivity index (χ4n) is 3.58. The number of rotatable bonds is 8. The molecule has 1 aliphatic rings. The summed E-state index contributed by atoms with van der Waals surface area (Å²) in [5.74, 6) is 0.826. The molecule has 0 aliphatic heterocycles. The van der Waals surface area contributed by atoms with Gasteiger partial charge in [-0.25, -0.2) is 0 Å². The first-order valence-corrected chi connectivity index (χ1v) is 12.2. The van der Waals surface area contributed by atoms with E-state index in [0.717, 1.165) is 30.5 Å². The number of benzene rings is 1. The van der Waals surface area contributed by atoms with Gasteiger partial charge in [-0.15, -0.1) is 10.2 Å². The molecule has 0 spiro atoms. The van der Waals surface area contributed by atoms with Crippen molar-refractivity contribution in [1.82, 2.24) is 25.1 Å². The van der Waals surface area contributed by atoms with Crippen molar-refractivity contribution in [2.45, 2.75) is 37.3 Å². The maximum absolute atomic E-state index is 12.4. The van der Waals surface area contributed by atoms with E-state index >= 15 is 0 Å². The molecule has 0 saturated heterocycles. The molecule has 0 saturated carbocycles. The van der Waals surface area contributed by atoms with Gasteiger partial charge in [-0.05, 0) is 62.4 Å². The summed E-state index contributed by atoms with van der Waals surface area (Å²) in [5.41, 5.74) is 3.02. The smallest absolute Gasteiger partial charge is 0.230 e. The van der Waals surface area contributed by atoms with Crippen molar-refractivity contribution in [3.8, 4) is 17.1 Å². The lowest BCUT2D eigenvalue weighted by Crippen LogP contribution is -2.26. The molecule has 1 N–H and O–H groups in total. The second-order valence-corrected chi connectivity index (χ2v) is 9.24. The first-order chi connectivity index (χ1) is 15.6. The van der Waals surface area contributed by atoms with Crippen LogP contribution in [0.25, 0.3) is 17.1 Å². The van der Waals surface area contributed by atoms with Crippen molar-refractivity contribution in [1.29, 1.82) is 0 Å². The van der Waals surface area contributed by atoms with Crippen LogP contribution in [0.4, 0.5) is 0 Å². The Hall–Kier alpha value is -2.35. The summed E-state index contributed by atoms with van der Waals surface area (Å²) in [5, 5.41) is 13.2.